The van der Waals surface area contributed by atoms with Crippen LogP contribution in [0.25, 0.3) is 0 Å². The number of amides is 1. The normalized spacial score (nSPS) is 12.5. The third-order valence-corrected chi connectivity index (χ3v) is 1.94. The van der Waals surface area contributed by atoms with E-state index in [2.05, 4.69) is 10.5 Å². The Morgan fingerprint density at radius 3 is 2.92 bits per heavy atom. The van der Waals surface area contributed by atoms with Gasteiger partial charge in [-0.3, -0.25) is 4.79 Å². The first-order valence-electron chi connectivity index (χ1n) is 4.37. The van der Waals surface area contributed by atoms with Crippen molar-refractivity contribution in [1.82, 2.24) is 10.5 Å². The van der Waals surface area contributed by atoms with Crippen LogP contribution in [0, 0.1) is 6.92 Å². The highest BCUT2D eigenvalue weighted by Crippen LogP contribution is 2.05. The molecular formula is C9H14N2O2. The van der Waals surface area contributed by atoms with Crippen molar-refractivity contribution in [3.8, 4) is 0 Å². The van der Waals surface area contributed by atoms with Crippen LogP contribution in [-0.2, 0) is 0 Å². The molecule has 1 atom stereocenters. The molecule has 1 amide bonds. The van der Waals surface area contributed by atoms with Crippen molar-refractivity contribution in [1.29, 1.82) is 0 Å². The number of aryl methyl sites for hydroxylation is 1. The van der Waals surface area contributed by atoms with Crippen molar-refractivity contribution in [3.05, 3.63) is 17.5 Å². The number of carbonyl (C=O) groups is 1. The maximum atomic E-state index is 11.5. The topological polar surface area (TPSA) is 55.1 Å². The van der Waals surface area contributed by atoms with Crippen molar-refractivity contribution < 1.29 is 9.32 Å². The zero-order valence-corrected chi connectivity index (χ0v) is 8.13. The molecule has 1 rings (SSSR count). The Morgan fingerprint density at radius 2 is 2.46 bits per heavy atom. The fourth-order valence-electron chi connectivity index (χ4n) is 0.901. The van der Waals surface area contributed by atoms with Crippen LogP contribution in [0.3, 0.4) is 0 Å². The highest BCUT2D eigenvalue weighted by atomic mass is 16.5. The van der Waals surface area contributed by atoms with Gasteiger partial charge in [-0.2, -0.15) is 0 Å². The number of nitrogens with one attached hydrogen (secondary N) is 1. The van der Waals surface area contributed by atoms with E-state index in [4.69, 9.17) is 4.52 Å². The summed E-state index contributed by atoms with van der Waals surface area (Å²) in [6.45, 7) is 5.75. The van der Waals surface area contributed by atoms with Gasteiger partial charge in [-0.05, 0) is 20.3 Å². The van der Waals surface area contributed by atoms with Gasteiger partial charge in [-0.1, -0.05) is 12.1 Å². The molecule has 1 unspecified atom stereocenters. The molecule has 0 aliphatic heterocycles. The summed E-state index contributed by atoms with van der Waals surface area (Å²) in [6, 6.07) is 0.164. The molecule has 4 nitrogen and oxygen atoms in total. The van der Waals surface area contributed by atoms with Crippen molar-refractivity contribution in [2.45, 2.75) is 33.2 Å². The number of nitrogens with zero attached hydrogens (tertiary/aromatic N) is 1. The van der Waals surface area contributed by atoms with Crippen LogP contribution < -0.4 is 5.32 Å². The van der Waals surface area contributed by atoms with Gasteiger partial charge < -0.3 is 9.84 Å². The number of hydrogen-bond acceptors (Lipinski definition) is 3. The first-order chi connectivity index (χ1) is 6.15. The number of carbonyl (C=O) groups excluding carboxylic acids is 1. The molecule has 1 N–H and O–H groups in total. The van der Waals surface area contributed by atoms with E-state index in [0.29, 0.717) is 5.76 Å². The molecule has 0 aliphatic carbocycles. The Morgan fingerprint density at radius 1 is 1.77 bits per heavy atom. The fourth-order valence-corrected chi connectivity index (χ4v) is 0.901. The lowest BCUT2D eigenvalue weighted by Gasteiger charge is -2.09. The first-order valence-corrected chi connectivity index (χ1v) is 4.37. The van der Waals surface area contributed by atoms with Crippen molar-refractivity contribution in [3.63, 3.8) is 0 Å². The third kappa shape index (κ3) is 2.31. The second kappa shape index (κ2) is 4.07. The van der Waals surface area contributed by atoms with E-state index in [0.717, 1.165) is 12.0 Å². The summed E-state index contributed by atoms with van der Waals surface area (Å²) < 4.78 is 4.81. The minimum absolute atomic E-state index is 0.164. The molecule has 1 heterocycles. The van der Waals surface area contributed by atoms with Gasteiger partial charge in [0.1, 0.15) is 0 Å². The van der Waals surface area contributed by atoms with E-state index in [1.807, 2.05) is 13.8 Å². The molecule has 13 heavy (non-hydrogen) atoms. The lowest BCUT2D eigenvalue weighted by Crippen LogP contribution is -2.32. The van der Waals surface area contributed by atoms with E-state index in [9.17, 15) is 4.79 Å². The van der Waals surface area contributed by atoms with Gasteiger partial charge in [0.25, 0.3) is 5.91 Å². The summed E-state index contributed by atoms with van der Waals surface area (Å²) in [7, 11) is 0. The van der Waals surface area contributed by atoms with Gasteiger partial charge >= 0.3 is 0 Å². The fraction of sp³-hybridized carbons (Fsp3) is 0.556. The summed E-state index contributed by atoms with van der Waals surface area (Å²) >= 11 is 0. The molecule has 0 radical (unpaired) electrons. The summed E-state index contributed by atoms with van der Waals surface area (Å²) in [6.07, 6.45) is 2.43. The maximum Gasteiger partial charge on any atom is 0.290 e. The standard InChI is InChI=1S/C9H14N2O2/c1-4-7(3)11-9(12)8-6(2)5-10-13-8/h5,7H,4H2,1-3H3,(H,11,12). The predicted molar refractivity (Wildman–Crippen MR) is 48.5 cm³/mol. The van der Waals surface area contributed by atoms with Crippen molar-refractivity contribution in [2.24, 2.45) is 0 Å². The largest absolute Gasteiger partial charge is 0.351 e. The molecule has 72 valence electrons. The monoisotopic (exact) mass is 182 g/mol. The molecule has 1 aromatic heterocycles. The number of rotatable bonds is 3. The third-order valence-electron chi connectivity index (χ3n) is 1.94. The highest BCUT2D eigenvalue weighted by molar-refractivity contribution is 5.92. The molecule has 1 aromatic rings. The molecule has 0 aliphatic rings. The summed E-state index contributed by atoms with van der Waals surface area (Å²) in [5.74, 6) is 0.115. The lowest BCUT2D eigenvalue weighted by molar-refractivity contribution is 0.0901. The molecule has 0 saturated carbocycles. The average Bonchev–Trinajstić information content (AvgIpc) is 2.51. The maximum absolute atomic E-state index is 11.5. The SMILES string of the molecule is CCC(C)NC(=O)c1oncc1C. The summed E-state index contributed by atoms with van der Waals surface area (Å²) in [5, 5.41) is 6.34. The first kappa shape index (κ1) is 9.77. The Bertz CT molecular complexity index is 294. The van der Waals surface area contributed by atoms with E-state index >= 15 is 0 Å². The molecule has 0 saturated heterocycles. The van der Waals surface area contributed by atoms with Crippen LogP contribution in [0.5, 0.6) is 0 Å². The second-order valence-electron chi connectivity index (χ2n) is 3.12. The Kier molecular flexibility index (Phi) is 3.06. The van der Waals surface area contributed by atoms with Crippen LogP contribution in [0.15, 0.2) is 10.7 Å². The Hall–Kier alpha value is -1.32. The number of hydrogen-bond donors (Lipinski definition) is 1. The Balaban J connectivity index is 2.64. The minimum atomic E-state index is -0.190. The van der Waals surface area contributed by atoms with Crippen LogP contribution in [-0.4, -0.2) is 17.1 Å². The molecule has 0 fully saturated rings. The van der Waals surface area contributed by atoms with Crippen LogP contribution in [0.4, 0.5) is 0 Å². The minimum Gasteiger partial charge on any atom is -0.351 e. The summed E-state index contributed by atoms with van der Waals surface area (Å²) in [4.78, 5) is 11.5. The van der Waals surface area contributed by atoms with Crippen LogP contribution >= 0.6 is 0 Å². The quantitative estimate of drug-likeness (QED) is 0.770. The van der Waals surface area contributed by atoms with Crippen LogP contribution in [0.1, 0.15) is 36.4 Å². The molecule has 0 spiro atoms. The zero-order valence-electron chi connectivity index (χ0n) is 8.13. The van der Waals surface area contributed by atoms with Crippen molar-refractivity contribution in [2.75, 3.05) is 0 Å². The molecule has 0 aromatic carbocycles. The van der Waals surface area contributed by atoms with Gasteiger partial charge in [0, 0.05) is 11.6 Å². The van der Waals surface area contributed by atoms with Gasteiger partial charge in [-0.25, -0.2) is 0 Å². The van der Waals surface area contributed by atoms with Gasteiger partial charge in [0.05, 0.1) is 6.20 Å². The highest BCUT2D eigenvalue weighted by Gasteiger charge is 2.14. The molecule has 4 heteroatoms. The van der Waals surface area contributed by atoms with Gasteiger partial charge in [0.2, 0.25) is 5.76 Å². The lowest BCUT2D eigenvalue weighted by atomic mass is 10.2. The van der Waals surface area contributed by atoms with E-state index in [1.165, 1.54) is 6.20 Å². The van der Waals surface area contributed by atoms with E-state index < -0.39 is 0 Å². The number of aromatic nitrogens is 1. The van der Waals surface area contributed by atoms with Crippen LogP contribution in [0.2, 0.25) is 0 Å². The van der Waals surface area contributed by atoms with Gasteiger partial charge in [0.15, 0.2) is 0 Å². The van der Waals surface area contributed by atoms with Gasteiger partial charge in [-0.15, -0.1) is 0 Å². The smallest absolute Gasteiger partial charge is 0.290 e. The molecule has 0 bridgehead atoms. The second-order valence-corrected chi connectivity index (χ2v) is 3.12. The zero-order chi connectivity index (χ0) is 9.84. The molecular weight excluding hydrogens is 168 g/mol. The predicted octanol–water partition coefficient (Wildman–Crippen LogP) is 1.51. The Labute approximate surface area is 77.3 Å². The summed E-state index contributed by atoms with van der Waals surface area (Å²) in [5.41, 5.74) is 0.765. The van der Waals surface area contributed by atoms with E-state index in [-0.39, 0.29) is 11.9 Å². The van der Waals surface area contributed by atoms with E-state index in [1.54, 1.807) is 6.92 Å². The average molecular weight is 182 g/mol. The van der Waals surface area contributed by atoms with Crippen molar-refractivity contribution >= 4 is 5.91 Å².